The Kier molecular flexibility index (Phi) is 4.13. The van der Waals surface area contributed by atoms with Crippen molar-refractivity contribution < 1.29 is 4.79 Å². The van der Waals surface area contributed by atoms with Crippen molar-refractivity contribution in [1.29, 1.82) is 0 Å². The Morgan fingerprint density at radius 1 is 1.37 bits per heavy atom. The molecule has 0 spiro atoms. The van der Waals surface area contributed by atoms with Crippen LogP contribution in [0.1, 0.15) is 0 Å². The van der Waals surface area contributed by atoms with Crippen LogP contribution in [0.3, 0.4) is 0 Å². The van der Waals surface area contributed by atoms with E-state index < -0.39 is 6.03 Å². The summed E-state index contributed by atoms with van der Waals surface area (Å²) in [5.41, 5.74) is 5.69. The summed E-state index contributed by atoms with van der Waals surface area (Å²) in [5.74, 6) is 0.176. The monoisotopic (exact) mass is 318 g/mol. The summed E-state index contributed by atoms with van der Waals surface area (Å²) in [6.45, 7) is 0. The Morgan fingerprint density at radius 2 is 2.00 bits per heavy atom. The Morgan fingerprint density at radius 3 is 2.47 bits per heavy atom. The fourth-order valence-electron chi connectivity index (χ4n) is 1.37. The minimum atomic E-state index is -0.748. The van der Waals surface area contributed by atoms with Gasteiger partial charge in [0.25, 0.3) is 0 Å². The third kappa shape index (κ3) is 3.09. The quantitative estimate of drug-likeness (QED) is 0.668. The van der Waals surface area contributed by atoms with E-state index in [0.717, 1.165) is 4.90 Å². The average molecular weight is 319 g/mol. The van der Waals surface area contributed by atoms with Gasteiger partial charge in [0.05, 0.1) is 5.69 Å². The van der Waals surface area contributed by atoms with Crippen LogP contribution < -0.4 is 10.6 Å². The largest absolute Gasteiger partial charge is 0.351 e. The third-order valence-corrected chi connectivity index (χ3v) is 3.01. The molecule has 0 aliphatic carbocycles. The maximum atomic E-state index is 11.6. The lowest BCUT2D eigenvalue weighted by molar-refractivity contribution is 0.256. The van der Waals surface area contributed by atoms with E-state index in [-0.39, 0.29) is 16.3 Å². The predicted molar refractivity (Wildman–Crippen MR) is 74.1 cm³/mol. The zero-order valence-corrected chi connectivity index (χ0v) is 11.9. The summed E-state index contributed by atoms with van der Waals surface area (Å²) in [6, 6.07) is 2.14. The first-order valence-corrected chi connectivity index (χ1v) is 6.88. The first-order valence-electron chi connectivity index (χ1n) is 4.90. The van der Waals surface area contributed by atoms with Crippen molar-refractivity contribution in [2.75, 3.05) is 11.2 Å². The van der Waals surface area contributed by atoms with Crippen LogP contribution in [0.4, 0.5) is 16.4 Å². The highest BCUT2D eigenvalue weighted by Crippen LogP contribution is 2.27. The van der Waals surface area contributed by atoms with Crippen molar-refractivity contribution in [3.63, 3.8) is 0 Å². The minimum Gasteiger partial charge on any atom is -0.351 e. The number of aromatic amines is 1. The van der Waals surface area contributed by atoms with Crippen LogP contribution in [-0.2, 0) is 0 Å². The number of thioether (sulfide) groups is 1. The number of nitrogens with zero attached hydrogens (tertiary/aromatic N) is 4. The first-order chi connectivity index (χ1) is 9.01. The fraction of sp³-hybridized carbons (Fsp3) is 0.111. The highest BCUT2D eigenvalue weighted by Gasteiger charge is 2.20. The summed E-state index contributed by atoms with van der Waals surface area (Å²) >= 11 is 12.9. The number of anilines is 2. The van der Waals surface area contributed by atoms with Crippen LogP contribution >= 0.6 is 35.0 Å². The van der Waals surface area contributed by atoms with Crippen molar-refractivity contribution in [1.82, 2.24) is 20.2 Å². The second-order valence-corrected chi connectivity index (χ2v) is 4.84. The molecule has 2 aromatic heterocycles. The van der Waals surface area contributed by atoms with Gasteiger partial charge >= 0.3 is 6.03 Å². The van der Waals surface area contributed by atoms with E-state index >= 15 is 0 Å². The lowest BCUT2D eigenvalue weighted by atomic mass is 10.4. The molecule has 0 bridgehead atoms. The molecular weight excluding hydrogens is 311 g/mol. The highest BCUT2D eigenvalue weighted by molar-refractivity contribution is 7.98. The Bertz CT molecular complexity index is 598. The van der Waals surface area contributed by atoms with Crippen molar-refractivity contribution in [3.8, 4) is 0 Å². The lowest BCUT2D eigenvalue weighted by Crippen LogP contribution is -2.32. The molecule has 2 heterocycles. The number of rotatable bonds is 3. The second-order valence-electron chi connectivity index (χ2n) is 3.29. The van der Waals surface area contributed by atoms with Gasteiger partial charge in [0, 0.05) is 0 Å². The summed E-state index contributed by atoms with van der Waals surface area (Å²) in [6.07, 6.45) is 1.81. The topological polar surface area (TPSA) is 101 Å². The maximum Gasteiger partial charge on any atom is 0.326 e. The molecule has 0 radical (unpaired) electrons. The minimum absolute atomic E-state index is 0.137. The molecule has 0 aromatic carbocycles. The molecule has 2 aromatic rings. The van der Waals surface area contributed by atoms with Gasteiger partial charge in [0.1, 0.15) is 10.3 Å². The molecule has 10 heteroatoms. The Hall–Kier alpha value is -1.51. The fourth-order valence-corrected chi connectivity index (χ4v) is 2.13. The van der Waals surface area contributed by atoms with Gasteiger partial charge in [-0.3, -0.25) is 0 Å². The van der Waals surface area contributed by atoms with E-state index in [0.29, 0.717) is 10.8 Å². The molecule has 0 unspecified atom stereocenters. The van der Waals surface area contributed by atoms with E-state index in [9.17, 15) is 4.79 Å². The summed E-state index contributed by atoms with van der Waals surface area (Å²) < 4.78 is 0. The molecule has 0 saturated carbocycles. The number of urea groups is 1. The molecule has 19 heavy (non-hydrogen) atoms. The van der Waals surface area contributed by atoms with Gasteiger partial charge in [-0.1, -0.05) is 35.0 Å². The van der Waals surface area contributed by atoms with E-state index in [1.165, 1.54) is 23.9 Å². The number of carbonyl (C=O) groups is 1. The zero-order chi connectivity index (χ0) is 14.0. The van der Waals surface area contributed by atoms with Crippen molar-refractivity contribution in [3.05, 3.63) is 22.4 Å². The maximum absolute atomic E-state index is 11.6. The van der Waals surface area contributed by atoms with Gasteiger partial charge in [0.15, 0.2) is 0 Å². The number of hydrogen-bond donors (Lipinski definition) is 2. The lowest BCUT2D eigenvalue weighted by Gasteiger charge is -2.17. The smallest absolute Gasteiger partial charge is 0.326 e. The van der Waals surface area contributed by atoms with Crippen molar-refractivity contribution in [2.24, 2.45) is 5.73 Å². The van der Waals surface area contributed by atoms with Gasteiger partial charge in [-0.05, 0) is 18.4 Å². The molecule has 0 fully saturated rings. The third-order valence-electron chi connectivity index (χ3n) is 2.07. The van der Waals surface area contributed by atoms with Crippen LogP contribution in [0.2, 0.25) is 10.3 Å². The highest BCUT2D eigenvalue weighted by atomic mass is 35.5. The zero-order valence-electron chi connectivity index (χ0n) is 9.59. The number of halogens is 2. The van der Waals surface area contributed by atoms with Gasteiger partial charge < -0.3 is 5.73 Å². The molecule has 0 saturated heterocycles. The number of amides is 2. The standard InChI is InChI=1S/C9H8Cl2N6OS/c1-19-9-14-8(15-16-9)17(7(12)18)4-2-5(10)13-6(11)3-4/h2-3H,1H3,(H2,12,18)(H,14,15,16). The molecule has 3 N–H and O–H groups in total. The number of nitrogens with two attached hydrogens (primary N) is 1. The van der Waals surface area contributed by atoms with Gasteiger partial charge in [-0.15, -0.1) is 5.10 Å². The summed E-state index contributed by atoms with van der Waals surface area (Å²) in [5, 5.41) is 7.27. The van der Waals surface area contributed by atoms with Gasteiger partial charge in [0.2, 0.25) is 11.1 Å². The van der Waals surface area contributed by atoms with E-state index in [4.69, 9.17) is 28.9 Å². The van der Waals surface area contributed by atoms with Crippen LogP contribution in [0.5, 0.6) is 0 Å². The number of pyridine rings is 1. The number of H-pyrrole nitrogens is 1. The summed E-state index contributed by atoms with van der Waals surface area (Å²) in [4.78, 5) is 20.6. The van der Waals surface area contributed by atoms with Crippen molar-refractivity contribution >= 4 is 52.6 Å². The van der Waals surface area contributed by atoms with Gasteiger partial charge in [-0.2, -0.15) is 4.98 Å². The molecule has 0 aliphatic rings. The number of carbonyl (C=O) groups excluding carboxylic acids is 1. The van der Waals surface area contributed by atoms with E-state index in [2.05, 4.69) is 20.2 Å². The van der Waals surface area contributed by atoms with E-state index in [1.54, 1.807) is 0 Å². The number of primary amides is 1. The molecule has 0 atom stereocenters. The van der Waals surface area contributed by atoms with Gasteiger partial charge in [-0.25, -0.2) is 19.8 Å². The molecule has 2 amide bonds. The normalized spacial score (nSPS) is 10.5. The SMILES string of the molecule is CSc1n[nH]c(N(C(N)=O)c2cc(Cl)nc(Cl)c2)n1. The Balaban J connectivity index is 2.48. The first kappa shape index (κ1) is 13.9. The number of hydrogen-bond acceptors (Lipinski definition) is 5. The molecular formula is C9H8Cl2N6OS. The number of nitrogens with one attached hydrogen (secondary N) is 1. The molecule has 100 valence electrons. The molecule has 0 aliphatic heterocycles. The Labute approximate surface area is 122 Å². The molecule has 7 nitrogen and oxygen atoms in total. The van der Waals surface area contributed by atoms with E-state index in [1.807, 2.05) is 6.26 Å². The van der Waals surface area contributed by atoms with Crippen LogP contribution in [0.25, 0.3) is 0 Å². The second kappa shape index (κ2) is 5.64. The predicted octanol–water partition coefficient (Wildman–Crippen LogP) is 2.45. The van der Waals surface area contributed by atoms with Crippen LogP contribution in [0.15, 0.2) is 17.3 Å². The van der Waals surface area contributed by atoms with Crippen molar-refractivity contribution in [2.45, 2.75) is 5.16 Å². The molecule has 2 rings (SSSR count). The van der Waals surface area contributed by atoms with Crippen LogP contribution in [-0.4, -0.2) is 32.5 Å². The number of aromatic nitrogens is 4. The summed E-state index contributed by atoms with van der Waals surface area (Å²) in [7, 11) is 0. The van der Waals surface area contributed by atoms with Crippen LogP contribution in [0, 0.1) is 0 Å². The average Bonchev–Trinajstić information content (AvgIpc) is 2.75.